The Morgan fingerprint density at radius 1 is 0.680 bits per heavy atom. The molecular weight excluding hydrogens is 332 g/mol. The minimum atomic E-state index is 0.244. The molecule has 5 heteroatoms. The Labute approximate surface area is 161 Å². The summed E-state index contributed by atoms with van der Waals surface area (Å²) in [6, 6.07) is 0. The summed E-state index contributed by atoms with van der Waals surface area (Å²) >= 11 is 1.91. The van der Waals surface area contributed by atoms with Crippen molar-refractivity contribution in [2.45, 2.75) is 59.3 Å². The smallest absolute Gasteiger partial charge is 0.0558 e. The number of unbranched alkanes of at least 4 members (excludes halogenated alkanes) is 2. The molecule has 152 valence electrons. The summed E-state index contributed by atoms with van der Waals surface area (Å²) < 4.78 is 0. The van der Waals surface area contributed by atoms with Gasteiger partial charge in [0.15, 0.2) is 0 Å². The molecule has 0 aliphatic rings. The third-order valence-electron chi connectivity index (χ3n) is 4.51. The molecular formula is C20H44N2O2S. The average Bonchev–Trinajstić information content (AvgIpc) is 2.54. The van der Waals surface area contributed by atoms with Gasteiger partial charge in [0.05, 0.1) is 13.2 Å². The largest absolute Gasteiger partial charge is 0.395 e. The molecule has 25 heavy (non-hydrogen) atoms. The first kappa shape index (κ1) is 25.2. The number of aliphatic hydroxyl groups excluding tert-OH is 2. The van der Waals surface area contributed by atoms with Gasteiger partial charge in [-0.2, -0.15) is 11.8 Å². The summed E-state index contributed by atoms with van der Waals surface area (Å²) in [6.07, 6.45) is 9.48. The van der Waals surface area contributed by atoms with Crippen LogP contribution >= 0.6 is 11.8 Å². The SMILES string of the molecule is CSCCCCN(CCO)CCCN(CCO)CCCCC(C)(C)C. The Bertz CT molecular complexity index is 285. The van der Waals surface area contributed by atoms with Crippen molar-refractivity contribution in [1.82, 2.24) is 9.80 Å². The minimum Gasteiger partial charge on any atom is -0.395 e. The van der Waals surface area contributed by atoms with Gasteiger partial charge in [0.25, 0.3) is 0 Å². The summed E-state index contributed by atoms with van der Waals surface area (Å²) in [4.78, 5) is 4.78. The summed E-state index contributed by atoms with van der Waals surface area (Å²) in [6.45, 7) is 13.2. The molecule has 4 nitrogen and oxygen atoms in total. The molecule has 0 heterocycles. The average molecular weight is 377 g/mol. The third kappa shape index (κ3) is 17.4. The highest BCUT2D eigenvalue weighted by atomic mass is 32.2. The fraction of sp³-hybridized carbons (Fsp3) is 1.00. The molecule has 0 saturated carbocycles. The fourth-order valence-corrected chi connectivity index (χ4v) is 3.54. The van der Waals surface area contributed by atoms with E-state index in [1.165, 1.54) is 37.9 Å². The number of nitrogens with zero attached hydrogens (tertiary/aromatic N) is 2. The van der Waals surface area contributed by atoms with E-state index in [0.29, 0.717) is 5.41 Å². The van der Waals surface area contributed by atoms with E-state index in [1.54, 1.807) is 0 Å². The highest BCUT2D eigenvalue weighted by Gasteiger charge is 2.11. The zero-order chi connectivity index (χ0) is 19.0. The first-order valence-corrected chi connectivity index (χ1v) is 11.5. The summed E-state index contributed by atoms with van der Waals surface area (Å²) in [5.74, 6) is 1.23. The lowest BCUT2D eigenvalue weighted by Crippen LogP contribution is -2.34. The molecule has 0 saturated heterocycles. The van der Waals surface area contributed by atoms with Crippen molar-refractivity contribution in [3.05, 3.63) is 0 Å². The molecule has 0 rings (SSSR count). The van der Waals surface area contributed by atoms with Gasteiger partial charge >= 0.3 is 0 Å². The summed E-state index contributed by atoms with van der Waals surface area (Å²) in [5, 5.41) is 18.5. The van der Waals surface area contributed by atoms with E-state index in [1.807, 2.05) is 11.8 Å². The van der Waals surface area contributed by atoms with Gasteiger partial charge in [0.1, 0.15) is 0 Å². The van der Waals surface area contributed by atoms with Crippen LogP contribution in [0, 0.1) is 5.41 Å². The van der Waals surface area contributed by atoms with E-state index in [2.05, 4.69) is 36.8 Å². The number of aliphatic hydroxyl groups is 2. The van der Waals surface area contributed by atoms with Crippen LogP contribution in [0.3, 0.4) is 0 Å². The molecule has 0 bridgehead atoms. The maximum atomic E-state index is 9.29. The number of hydrogen-bond donors (Lipinski definition) is 2. The normalized spacial score (nSPS) is 12.5. The fourth-order valence-electron chi connectivity index (χ4n) is 3.04. The third-order valence-corrected chi connectivity index (χ3v) is 5.20. The van der Waals surface area contributed by atoms with Gasteiger partial charge in [-0.05, 0) is 75.7 Å². The molecule has 0 aromatic rings. The standard InChI is InChI=1S/C20H44N2O2S/c1-20(2,3)10-5-6-11-21(15-17-23)13-9-14-22(16-18-24)12-7-8-19-25-4/h23-24H,5-19H2,1-4H3. The minimum absolute atomic E-state index is 0.244. The zero-order valence-corrected chi connectivity index (χ0v) is 18.1. The first-order valence-electron chi connectivity index (χ1n) is 10.1. The van der Waals surface area contributed by atoms with Crippen LogP contribution in [0.15, 0.2) is 0 Å². The van der Waals surface area contributed by atoms with Crippen molar-refractivity contribution < 1.29 is 10.2 Å². The van der Waals surface area contributed by atoms with Crippen molar-refractivity contribution >= 4 is 11.8 Å². The van der Waals surface area contributed by atoms with Crippen LogP contribution < -0.4 is 0 Å². The van der Waals surface area contributed by atoms with E-state index in [-0.39, 0.29) is 13.2 Å². The molecule has 0 aliphatic carbocycles. The Morgan fingerprint density at radius 2 is 1.16 bits per heavy atom. The molecule has 0 atom stereocenters. The molecule has 0 amide bonds. The quantitative estimate of drug-likeness (QED) is 0.381. The Morgan fingerprint density at radius 3 is 1.60 bits per heavy atom. The van der Waals surface area contributed by atoms with Crippen LogP contribution in [-0.2, 0) is 0 Å². The van der Waals surface area contributed by atoms with Crippen LogP contribution in [0.4, 0.5) is 0 Å². The lowest BCUT2D eigenvalue weighted by molar-refractivity contribution is 0.165. The van der Waals surface area contributed by atoms with Crippen LogP contribution in [0.1, 0.15) is 59.3 Å². The predicted molar refractivity (Wildman–Crippen MR) is 113 cm³/mol. The Kier molecular flexibility index (Phi) is 16.5. The zero-order valence-electron chi connectivity index (χ0n) is 17.3. The molecule has 0 unspecified atom stereocenters. The Hall–Kier alpha value is 0.190. The van der Waals surface area contributed by atoms with Crippen LogP contribution in [0.5, 0.6) is 0 Å². The van der Waals surface area contributed by atoms with Gasteiger partial charge in [-0.1, -0.05) is 27.2 Å². The van der Waals surface area contributed by atoms with E-state index in [4.69, 9.17) is 0 Å². The Balaban J connectivity index is 3.99. The van der Waals surface area contributed by atoms with Crippen LogP contribution in [0.2, 0.25) is 0 Å². The number of rotatable bonds is 17. The summed E-state index contributed by atoms with van der Waals surface area (Å²) in [7, 11) is 0. The molecule has 0 aliphatic heterocycles. The van der Waals surface area contributed by atoms with E-state index in [0.717, 1.165) is 45.7 Å². The lowest BCUT2D eigenvalue weighted by Gasteiger charge is -2.25. The second kappa shape index (κ2) is 16.4. The second-order valence-electron chi connectivity index (χ2n) is 8.20. The first-order chi connectivity index (χ1) is 11.9. The molecule has 0 aromatic carbocycles. The molecule has 0 spiro atoms. The van der Waals surface area contributed by atoms with Crippen molar-refractivity contribution in [2.75, 3.05) is 64.5 Å². The highest BCUT2D eigenvalue weighted by Crippen LogP contribution is 2.21. The van der Waals surface area contributed by atoms with Gasteiger partial charge in [-0.25, -0.2) is 0 Å². The van der Waals surface area contributed by atoms with Gasteiger partial charge in [0.2, 0.25) is 0 Å². The molecule has 0 radical (unpaired) electrons. The highest BCUT2D eigenvalue weighted by molar-refractivity contribution is 7.98. The van der Waals surface area contributed by atoms with Crippen LogP contribution in [-0.4, -0.2) is 84.5 Å². The van der Waals surface area contributed by atoms with Crippen LogP contribution in [0.25, 0.3) is 0 Å². The summed E-state index contributed by atoms with van der Waals surface area (Å²) in [5.41, 5.74) is 0.420. The van der Waals surface area contributed by atoms with Crippen molar-refractivity contribution in [3.63, 3.8) is 0 Å². The van der Waals surface area contributed by atoms with Gasteiger partial charge in [-0.3, -0.25) is 0 Å². The van der Waals surface area contributed by atoms with Crippen molar-refractivity contribution in [1.29, 1.82) is 0 Å². The lowest BCUT2D eigenvalue weighted by atomic mass is 9.90. The molecule has 2 N–H and O–H groups in total. The number of hydrogen-bond acceptors (Lipinski definition) is 5. The van der Waals surface area contributed by atoms with Gasteiger partial charge < -0.3 is 20.0 Å². The van der Waals surface area contributed by atoms with E-state index >= 15 is 0 Å². The van der Waals surface area contributed by atoms with E-state index in [9.17, 15) is 10.2 Å². The van der Waals surface area contributed by atoms with Gasteiger partial charge in [0, 0.05) is 13.1 Å². The number of thioether (sulfide) groups is 1. The maximum Gasteiger partial charge on any atom is 0.0558 e. The second-order valence-corrected chi connectivity index (χ2v) is 9.19. The predicted octanol–water partition coefficient (Wildman–Crippen LogP) is 3.32. The van der Waals surface area contributed by atoms with Crippen molar-refractivity contribution in [2.24, 2.45) is 5.41 Å². The van der Waals surface area contributed by atoms with Crippen molar-refractivity contribution in [3.8, 4) is 0 Å². The van der Waals surface area contributed by atoms with E-state index < -0.39 is 0 Å². The molecule has 0 aromatic heterocycles. The topological polar surface area (TPSA) is 46.9 Å². The molecule has 0 fully saturated rings. The monoisotopic (exact) mass is 376 g/mol. The van der Waals surface area contributed by atoms with Gasteiger partial charge in [-0.15, -0.1) is 0 Å². The maximum absolute atomic E-state index is 9.29.